The van der Waals surface area contributed by atoms with E-state index in [-0.39, 0.29) is 5.75 Å². The van der Waals surface area contributed by atoms with Gasteiger partial charge in [0.2, 0.25) is 5.91 Å². The van der Waals surface area contributed by atoms with Crippen molar-refractivity contribution in [3.05, 3.63) is 53.7 Å². The minimum atomic E-state index is -3.96. The zero-order valence-electron chi connectivity index (χ0n) is 23.1. The summed E-state index contributed by atoms with van der Waals surface area (Å²) in [7, 11) is 0. The van der Waals surface area contributed by atoms with Crippen LogP contribution in [0.5, 0.6) is 5.75 Å². The van der Waals surface area contributed by atoms with Gasteiger partial charge in [0.1, 0.15) is 22.9 Å². The summed E-state index contributed by atoms with van der Waals surface area (Å²) in [6, 6.07) is 11.1. The average Bonchev–Trinajstić information content (AvgIpc) is 3.19. The zero-order chi connectivity index (χ0) is 31.7. The van der Waals surface area contributed by atoms with Crippen LogP contribution >= 0.6 is 18.2 Å². The number of hydrogen-bond donors (Lipinski definition) is 2. The normalized spacial score (nSPS) is 26.5. The quantitative estimate of drug-likeness (QED) is 0.204. The summed E-state index contributed by atoms with van der Waals surface area (Å²) in [5.41, 5.74) is -3.04. The Bertz CT molecular complexity index is 1480. The van der Waals surface area contributed by atoms with Gasteiger partial charge in [-0.25, -0.2) is 18.3 Å². The van der Waals surface area contributed by atoms with Gasteiger partial charge in [-0.05, 0) is 55.5 Å². The van der Waals surface area contributed by atoms with Gasteiger partial charge in [-0.3, -0.25) is 19.3 Å². The summed E-state index contributed by atoms with van der Waals surface area (Å²) in [6.45, 7) is -0.521. The third-order valence-electron chi connectivity index (χ3n) is 6.64. The molecular weight excluding hydrogens is 636 g/mol. The first-order chi connectivity index (χ1) is 20.2. The van der Waals surface area contributed by atoms with Crippen molar-refractivity contribution < 1.29 is 51.2 Å². The molecule has 10 nitrogen and oxygen atoms in total. The van der Waals surface area contributed by atoms with Crippen LogP contribution in [0.25, 0.3) is 10.8 Å². The number of rotatable bonds is 11. The maximum Gasteiger partial charge on any atom is 0.323 e. The van der Waals surface area contributed by atoms with Crippen molar-refractivity contribution >= 4 is 58.5 Å². The molecule has 16 heteroatoms. The lowest BCUT2D eigenvalue weighted by molar-refractivity contribution is -0.199. The number of Topliss-reactive ketones (excluding diaryl/α,β-unsaturated/α-hetero) is 1. The smallest absolute Gasteiger partial charge is 0.323 e. The Labute approximate surface area is 255 Å². The van der Waals surface area contributed by atoms with Crippen LogP contribution in [0.2, 0.25) is 0 Å². The number of fused-ring (bicyclic) bond motifs is 1. The Morgan fingerprint density at radius 1 is 1.23 bits per heavy atom. The number of carbonyl (C=O) groups is 3. The predicted octanol–water partition coefficient (Wildman–Crippen LogP) is 4.33. The van der Waals surface area contributed by atoms with Crippen LogP contribution in [0.3, 0.4) is 0 Å². The minimum absolute atomic E-state index is 0.169. The number of alkyl halides is 3. The van der Waals surface area contributed by atoms with Crippen LogP contribution in [0.1, 0.15) is 27.2 Å². The van der Waals surface area contributed by atoms with Crippen LogP contribution in [-0.4, -0.2) is 76.9 Å². The van der Waals surface area contributed by atoms with Gasteiger partial charge in [-0.2, -0.15) is 0 Å². The molecule has 2 aromatic carbocycles. The second-order valence-electron chi connectivity index (χ2n) is 10.2. The van der Waals surface area contributed by atoms with Crippen molar-refractivity contribution in [2.75, 3.05) is 6.61 Å². The Morgan fingerprint density at radius 2 is 1.91 bits per heavy atom. The number of amides is 1. The highest BCUT2D eigenvalue weighted by molar-refractivity contribution is 8.09. The molecule has 234 valence electrons. The third-order valence-corrected chi connectivity index (χ3v) is 9.43. The van der Waals surface area contributed by atoms with E-state index in [9.17, 15) is 28.3 Å². The lowest BCUT2D eigenvalue weighted by Crippen LogP contribution is -2.52. The largest absolute Gasteiger partial charge is 0.462 e. The van der Waals surface area contributed by atoms with Crippen LogP contribution in [0, 0.1) is 0 Å². The molecule has 0 spiro atoms. The number of nitrogens with one attached hydrogen (secondary N) is 1. The second-order valence-corrected chi connectivity index (χ2v) is 13.8. The van der Waals surface area contributed by atoms with E-state index in [1.807, 2.05) is 12.1 Å². The van der Waals surface area contributed by atoms with Gasteiger partial charge in [0.25, 0.3) is 6.43 Å². The van der Waals surface area contributed by atoms with E-state index in [4.69, 9.17) is 41.9 Å². The molecular formula is C27H29ClF3N2O8PS. The Hall–Kier alpha value is -2.58. The molecule has 4 rings (SSSR count). The first kappa shape index (κ1) is 33.3. The van der Waals surface area contributed by atoms with Gasteiger partial charge in [0, 0.05) is 6.20 Å². The average molecular weight is 665 g/mol. The Balaban J connectivity index is 1.63. The van der Waals surface area contributed by atoms with Gasteiger partial charge in [0.05, 0.1) is 19.1 Å². The van der Waals surface area contributed by atoms with Crippen molar-refractivity contribution in [1.82, 2.24) is 9.99 Å². The number of esters is 1. The summed E-state index contributed by atoms with van der Waals surface area (Å²) in [5, 5.41) is 14.6. The van der Waals surface area contributed by atoms with Crippen LogP contribution in [0.4, 0.5) is 13.2 Å². The molecule has 2 aliphatic rings. The van der Waals surface area contributed by atoms with Crippen molar-refractivity contribution in [3.63, 3.8) is 0 Å². The molecule has 1 fully saturated rings. The Morgan fingerprint density at radius 3 is 2.56 bits per heavy atom. The molecule has 0 radical (unpaired) electrons. The molecule has 0 bridgehead atoms. The number of halogens is 4. The third kappa shape index (κ3) is 7.22. The molecule has 2 aromatic rings. The number of nitrogens with zero attached hydrogens (tertiary/aromatic N) is 1. The standard InChI is InChI=1S/C27H29ClF3N2O8PS/c1-14(2)39-25(37)15(3)32-42(43,41-18-9-8-16-6-4-5-7-17(16)10-18)38-13-27(26(30)31)23(36)22(29)24(40-27)33-12-19(28)20(34)11-21(33)35/h4-10,12,14-15,22-24,26,36H,11,13H2,1-3H3,(H,32,43)/t15-,22-,23-,24+,27+,42?/m0/s1. The number of ether oxygens (including phenoxy) is 2. The number of benzene rings is 2. The summed E-state index contributed by atoms with van der Waals surface area (Å²) in [6.07, 6.45) is -11.1. The number of aliphatic hydroxyl groups excluding tert-OH is 1. The lowest BCUT2D eigenvalue weighted by Gasteiger charge is -2.35. The molecule has 2 N–H and O–H groups in total. The molecule has 1 amide bonds. The SMILES string of the molecule is CC(C)OC(=O)[C@H](C)NP(=S)(OC[C@@]1(C(F)F)O[C@@H](N2C=C(Cl)C(=O)CC2=O)[C@@H](F)[C@@H]1O)Oc1ccc2ccccc2c1. The van der Waals surface area contributed by atoms with E-state index in [1.165, 1.54) is 6.92 Å². The summed E-state index contributed by atoms with van der Waals surface area (Å²) < 4.78 is 66.7. The monoisotopic (exact) mass is 664 g/mol. The van der Waals surface area contributed by atoms with Crippen molar-refractivity contribution in [2.45, 2.75) is 69.9 Å². The van der Waals surface area contributed by atoms with Crippen LogP contribution < -0.4 is 9.61 Å². The van der Waals surface area contributed by atoms with Crippen LogP contribution in [-0.2, 0) is 40.2 Å². The van der Waals surface area contributed by atoms with E-state index >= 15 is 4.39 Å². The summed E-state index contributed by atoms with van der Waals surface area (Å²) in [4.78, 5) is 37.3. The fraction of sp³-hybridized carbons (Fsp3) is 0.444. The molecule has 0 aliphatic carbocycles. The second kappa shape index (κ2) is 13.2. The number of hydrogen-bond acceptors (Lipinski definition) is 9. The Kier molecular flexibility index (Phi) is 10.2. The summed E-state index contributed by atoms with van der Waals surface area (Å²) >= 11 is 11.4. The maximum atomic E-state index is 15.3. The highest BCUT2D eigenvalue weighted by Gasteiger charge is 2.63. The lowest BCUT2D eigenvalue weighted by atomic mass is 9.97. The van der Waals surface area contributed by atoms with E-state index in [1.54, 1.807) is 44.2 Å². The molecule has 1 unspecified atom stereocenters. The van der Waals surface area contributed by atoms with Gasteiger partial charge in [-0.1, -0.05) is 41.9 Å². The number of allylic oxidation sites excluding steroid dienone is 1. The number of ketones is 1. The van der Waals surface area contributed by atoms with Gasteiger partial charge in [-0.15, -0.1) is 0 Å². The van der Waals surface area contributed by atoms with Crippen LogP contribution in [0.15, 0.2) is 53.7 Å². The zero-order valence-corrected chi connectivity index (χ0v) is 25.6. The van der Waals surface area contributed by atoms with E-state index in [0.717, 1.165) is 17.0 Å². The fourth-order valence-corrected chi connectivity index (χ4v) is 7.00. The van der Waals surface area contributed by atoms with Crippen molar-refractivity contribution in [2.24, 2.45) is 0 Å². The molecule has 43 heavy (non-hydrogen) atoms. The van der Waals surface area contributed by atoms with E-state index < -0.39 is 85.0 Å². The predicted molar refractivity (Wildman–Crippen MR) is 154 cm³/mol. The van der Waals surface area contributed by atoms with Gasteiger partial charge >= 0.3 is 12.6 Å². The first-order valence-electron chi connectivity index (χ1n) is 13.1. The van der Waals surface area contributed by atoms with Gasteiger partial charge < -0.3 is 23.6 Å². The molecule has 2 aliphatic heterocycles. The van der Waals surface area contributed by atoms with Gasteiger partial charge in [0.15, 0.2) is 23.8 Å². The number of aliphatic hydroxyl groups is 1. The summed E-state index contributed by atoms with van der Waals surface area (Å²) in [5.74, 6) is -2.28. The molecule has 6 atom stereocenters. The van der Waals surface area contributed by atoms with E-state index in [2.05, 4.69) is 5.09 Å². The number of carbonyl (C=O) groups excluding carboxylic acids is 3. The molecule has 1 saturated heterocycles. The minimum Gasteiger partial charge on any atom is -0.462 e. The molecule has 0 saturated carbocycles. The van der Waals surface area contributed by atoms with Crippen molar-refractivity contribution in [1.29, 1.82) is 0 Å². The molecule has 0 aromatic heterocycles. The molecule has 2 heterocycles. The van der Waals surface area contributed by atoms with Crippen molar-refractivity contribution in [3.8, 4) is 5.75 Å². The fourth-order valence-electron chi connectivity index (χ4n) is 4.42. The highest BCUT2D eigenvalue weighted by atomic mass is 35.5. The van der Waals surface area contributed by atoms with E-state index in [0.29, 0.717) is 4.90 Å². The first-order valence-corrected chi connectivity index (χ1v) is 16.1. The highest BCUT2D eigenvalue weighted by Crippen LogP contribution is 2.49. The topological polar surface area (TPSA) is 124 Å². The maximum absolute atomic E-state index is 15.3.